The van der Waals surface area contributed by atoms with E-state index in [0.717, 1.165) is 31.7 Å². The van der Waals surface area contributed by atoms with Crippen LogP contribution in [0.1, 0.15) is 12.8 Å². The zero-order chi connectivity index (χ0) is 15.8. The summed E-state index contributed by atoms with van der Waals surface area (Å²) in [5.41, 5.74) is 1.29. The van der Waals surface area contributed by atoms with Crippen LogP contribution in [0.4, 0.5) is 14.6 Å². The fraction of sp³-hybridized carbons (Fsp3) is 0.222. The second-order valence-electron chi connectivity index (χ2n) is 5.74. The zero-order valence-electron chi connectivity index (χ0n) is 12.5. The molecule has 1 saturated heterocycles. The summed E-state index contributed by atoms with van der Waals surface area (Å²) in [5, 5.41) is 0.701. The Labute approximate surface area is 132 Å². The second-order valence-corrected chi connectivity index (χ2v) is 5.74. The molecule has 1 aromatic heterocycles. The van der Waals surface area contributed by atoms with Crippen molar-refractivity contribution >= 4 is 16.7 Å². The van der Waals surface area contributed by atoms with Gasteiger partial charge < -0.3 is 4.90 Å². The van der Waals surface area contributed by atoms with Crippen molar-refractivity contribution in [3.63, 3.8) is 0 Å². The molecular formula is C18H15F2N3. The summed E-state index contributed by atoms with van der Waals surface area (Å²) < 4.78 is 27.2. The van der Waals surface area contributed by atoms with Gasteiger partial charge in [-0.2, -0.15) is 0 Å². The third kappa shape index (κ3) is 2.63. The highest BCUT2D eigenvalue weighted by molar-refractivity contribution is 5.91. The molecule has 0 atom stereocenters. The van der Waals surface area contributed by atoms with Gasteiger partial charge in [0.05, 0.1) is 5.52 Å². The SMILES string of the molecule is Fc1cccc(-c2nc(N3CCCC3)c3cc(F)ccc3n2)c1. The predicted molar refractivity (Wildman–Crippen MR) is 86.3 cm³/mol. The maximum atomic E-state index is 13.7. The maximum absolute atomic E-state index is 13.7. The van der Waals surface area contributed by atoms with Gasteiger partial charge in [-0.05, 0) is 43.2 Å². The molecule has 3 aromatic rings. The molecular weight excluding hydrogens is 296 g/mol. The van der Waals surface area contributed by atoms with Gasteiger partial charge >= 0.3 is 0 Å². The number of hydrogen-bond acceptors (Lipinski definition) is 3. The molecule has 1 aliphatic rings. The van der Waals surface area contributed by atoms with Crippen LogP contribution < -0.4 is 4.90 Å². The molecule has 2 heterocycles. The molecule has 0 bridgehead atoms. The Hall–Kier alpha value is -2.56. The monoisotopic (exact) mass is 311 g/mol. The van der Waals surface area contributed by atoms with Crippen LogP contribution in [0.2, 0.25) is 0 Å². The number of halogens is 2. The number of rotatable bonds is 2. The van der Waals surface area contributed by atoms with E-state index in [2.05, 4.69) is 14.9 Å². The highest BCUT2D eigenvalue weighted by atomic mass is 19.1. The first-order chi connectivity index (χ1) is 11.2. The lowest BCUT2D eigenvalue weighted by Gasteiger charge is -2.19. The van der Waals surface area contributed by atoms with Crippen LogP contribution in [0, 0.1) is 11.6 Å². The minimum Gasteiger partial charge on any atom is -0.356 e. The van der Waals surface area contributed by atoms with Crippen molar-refractivity contribution < 1.29 is 8.78 Å². The van der Waals surface area contributed by atoms with Crippen LogP contribution in [0.3, 0.4) is 0 Å². The molecule has 1 fully saturated rings. The van der Waals surface area contributed by atoms with Gasteiger partial charge in [0.25, 0.3) is 0 Å². The van der Waals surface area contributed by atoms with Crippen LogP contribution in [0.25, 0.3) is 22.3 Å². The quantitative estimate of drug-likeness (QED) is 0.711. The van der Waals surface area contributed by atoms with E-state index in [1.807, 2.05) is 0 Å². The van der Waals surface area contributed by atoms with Gasteiger partial charge in [-0.15, -0.1) is 0 Å². The molecule has 0 aliphatic carbocycles. The summed E-state index contributed by atoms with van der Waals surface area (Å²) in [7, 11) is 0. The van der Waals surface area contributed by atoms with E-state index >= 15 is 0 Å². The Balaban J connectivity index is 1.94. The van der Waals surface area contributed by atoms with E-state index < -0.39 is 0 Å². The van der Waals surface area contributed by atoms with Crippen LogP contribution in [0.5, 0.6) is 0 Å². The van der Waals surface area contributed by atoms with Crippen molar-refractivity contribution in [1.29, 1.82) is 0 Å². The first-order valence-electron chi connectivity index (χ1n) is 7.69. The highest BCUT2D eigenvalue weighted by Crippen LogP contribution is 2.30. The van der Waals surface area contributed by atoms with E-state index in [-0.39, 0.29) is 11.6 Å². The number of fused-ring (bicyclic) bond motifs is 1. The fourth-order valence-corrected chi connectivity index (χ4v) is 3.01. The highest BCUT2D eigenvalue weighted by Gasteiger charge is 2.19. The smallest absolute Gasteiger partial charge is 0.162 e. The lowest BCUT2D eigenvalue weighted by molar-refractivity contribution is 0.628. The summed E-state index contributed by atoms with van der Waals surface area (Å²) in [5.74, 6) is 0.560. The Morgan fingerprint density at radius 3 is 2.43 bits per heavy atom. The molecule has 3 nitrogen and oxygen atoms in total. The first-order valence-corrected chi connectivity index (χ1v) is 7.69. The lowest BCUT2D eigenvalue weighted by Crippen LogP contribution is -2.20. The van der Waals surface area contributed by atoms with Crippen molar-refractivity contribution in [3.8, 4) is 11.4 Å². The Bertz CT molecular complexity index is 873. The first kappa shape index (κ1) is 14.1. The van der Waals surface area contributed by atoms with Crippen LogP contribution in [-0.4, -0.2) is 23.1 Å². The Morgan fingerprint density at radius 1 is 0.870 bits per heavy atom. The van der Waals surface area contributed by atoms with Gasteiger partial charge in [0.1, 0.15) is 17.5 Å². The van der Waals surface area contributed by atoms with Crippen LogP contribution in [-0.2, 0) is 0 Å². The minimum absolute atomic E-state index is 0.306. The molecule has 0 spiro atoms. The van der Waals surface area contributed by atoms with Crippen molar-refractivity contribution in [3.05, 3.63) is 54.1 Å². The average Bonchev–Trinajstić information content (AvgIpc) is 3.08. The molecule has 0 amide bonds. The van der Waals surface area contributed by atoms with E-state index in [0.29, 0.717) is 22.3 Å². The van der Waals surface area contributed by atoms with E-state index in [1.54, 1.807) is 18.2 Å². The van der Waals surface area contributed by atoms with Crippen molar-refractivity contribution in [2.75, 3.05) is 18.0 Å². The largest absolute Gasteiger partial charge is 0.356 e. The number of benzene rings is 2. The topological polar surface area (TPSA) is 29.0 Å². The standard InChI is InChI=1S/C18H15F2N3/c19-13-5-3-4-12(10-13)17-21-16-7-6-14(20)11-15(16)18(22-17)23-8-1-2-9-23/h3-7,10-11H,1-2,8-9H2. The van der Waals surface area contributed by atoms with Gasteiger partial charge in [-0.25, -0.2) is 18.7 Å². The van der Waals surface area contributed by atoms with E-state index in [4.69, 9.17) is 0 Å². The molecule has 0 radical (unpaired) electrons. The van der Waals surface area contributed by atoms with Gasteiger partial charge in [0.2, 0.25) is 0 Å². The van der Waals surface area contributed by atoms with Crippen LogP contribution in [0.15, 0.2) is 42.5 Å². The maximum Gasteiger partial charge on any atom is 0.162 e. The molecule has 5 heteroatoms. The molecule has 0 N–H and O–H groups in total. The molecule has 0 unspecified atom stereocenters. The average molecular weight is 311 g/mol. The van der Waals surface area contributed by atoms with Gasteiger partial charge in [-0.3, -0.25) is 0 Å². The molecule has 1 aliphatic heterocycles. The zero-order valence-corrected chi connectivity index (χ0v) is 12.5. The Morgan fingerprint density at radius 2 is 1.65 bits per heavy atom. The summed E-state index contributed by atoms with van der Waals surface area (Å²) in [4.78, 5) is 11.3. The van der Waals surface area contributed by atoms with E-state index in [1.165, 1.54) is 24.3 Å². The van der Waals surface area contributed by atoms with Crippen LogP contribution >= 0.6 is 0 Å². The summed E-state index contributed by atoms with van der Waals surface area (Å²) in [6.45, 7) is 1.79. The summed E-state index contributed by atoms with van der Waals surface area (Å²) in [6, 6.07) is 10.7. The lowest BCUT2D eigenvalue weighted by atomic mass is 10.1. The molecule has 4 rings (SSSR count). The fourth-order valence-electron chi connectivity index (χ4n) is 3.01. The summed E-state index contributed by atoms with van der Waals surface area (Å²) >= 11 is 0. The van der Waals surface area contributed by atoms with E-state index in [9.17, 15) is 8.78 Å². The summed E-state index contributed by atoms with van der Waals surface area (Å²) in [6.07, 6.45) is 2.19. The third-order valence-corrected chi connectivity index (χ3v) is 4.13. The predicted octanol–water partition coefficient (Wildman–Crippen LogP) is 4.18. The van der Waals surface area contributed by atoms with Crippen molar-refractivity contribution in [2.24, 2.45) is 0 Å². The molecule has 0 saturated carbocycles. The van der Waals surface area contributed by atoms with Gasteiger partial charge in [0.15, 0.2) is 5.82 Å². The second kappa shape index (κ2) is 5.57. The molecule has 116 valence electrons. The van der Waals surface area contributed by atoms with Gasteiger partial charge in [-0.1, -0.05) is 12.1 Å². The number of aromatic nitrogens is 2. The van der Waals surface area contributed by atoms with Crippen molar-refractivity contribution in [2.45, 2.75) is 12.8 Å². The Kier molecular flexibility index (Phi) is 3.41. The molecule has 2 aromatic carbocycles. The number of nitrogens with zero attached hydrogens (tertiary/aromatic N) is 3. The molecule has 23 heavy (non-hydrogen) atoms. The number of hydrogen-bond donors (Lipinski definition) is 0. The third-order valence-electron chi connectivity index (χ3n) is 4.13. The van der Waals surface area contributed by atoms with Crippen molar-refractivity contribution in [1.82, 2.24) is 9.97 Å². The number of anilines is 1. The van der Waals surface area contributed by atoms with Gasteiger partial charge in [0, 0.05) is 24.0 Å². The normalized spacial score (nSPS) is 14.6. The minimum atomic E-state index is -0.326.